The minimum atomic E-state index is -1.72. The minimum absolute atomic E-state index is 0. The summed E-state index contributed by atoms with van der Waals surface area (Å²) in [6.07, 6.45) is -0.870. The van der Waals surface area contributed by atoms with Crippen molar-refractivity contribution in [2.45, 2.75) is 12.5 Å². The number of hydrogen-bond acceptors (Lipinski definition) is 5. The third-order valence-corrected chi connectivity index (χ3v) is 0.972. The van der Waals surface area contributed by atoms with Crippen LogP contribution in [0.5, 0.6) is 0 Å². The van der Waals surface area contributed by atoms with Gasteiger partial charge in [0, 0.05) is 12.4 Å². The van der Waals surface area contributed by atoms with Crippen LogP contribution in [0.25, 0.3) is 0 Å². The molecule has 2 amide bonds. The van der Waals surface area contributed by atoms with Gasteiger partial charge in [-0.2, -0.15) is 0 Å². The van der Waals surface area contributed by atoms with Gasteiger partial charge in [-0.3, -0.25) is 0 Å². The molecule has 8 heteroatoms. The van der Waals surface area contributed by atoms with Gasteiger partial charge in [0.05, 0.1) is 12.0 Å². The molecular formula is C5H6BaN2O5. The van der Waals surface area contributed by atoms with Crippen LogP contribution < -0.4 is 21.3 Å². The number of nitrogens with one attached hydrogen (secondary N) is 1. The summed E-state index contributed by atoms with van der Waals surface area (Å²) in [4.78, 5) is 30.1. The Hall–Kier alpha value is -0.219. The number of carbonyl (C=O) groups is 3. The SMILES string of the molecule is NC(=O)N[C@@H](CC(=O)[O-])C(=O)[O-].[Ba+2]. The summed E-state index contributed by atoms with van der Waals surface area (Å²) in [7, 11) is 0. The van der Waals surface area contributed by atoms with Gasteiger partial charge < -0.3 is 30.9 Å². The summed E-state index contributed by atoms with van der Waals surface area (Å²) in [6, 6.07) is -2.78. The second-order valence-corrected chi connectivity index (χ2v) is 1.96. The fourth-order valence-electron chi connectivity index (χ4n) is 0.532. The molecule has 0 aliphatic carbocycles. The molecule has 0 aromatic rings. The molecular weight excluding hydrogens is 305 g/mol. The van der Waals surface area contributed by atoms with E-state index < -0.39 is 30.4 Å². The van der Waals surface area contributed by atoms with Crippen LogP contribution in [-0.2, 0) is 9.59 Å². The number of carboxylic acids is 2. The number of amides is 2. The van der Waals surface area contributed by atoms with E-state index in [9.17, 15) is 24.6 Å². The molecule has 0 aromatic heterocycles. The molecule has 0 heterocycles. The molecule has 0 radical (unpaired) electrons. The first kappa shape index (κ1) is 15.3. The molecule has 0 saturated heterocycles. The van der Waals surface area contributed by atoms with Gasteiger partial charge in [-0.25, -0.2) is 4.79 Å². The Bertz CT molecular complexity index is 203. The molecule has 0 aliphatic rings. The molecule has 0 fully saturated rings. The van der Waals surface area contributed by atoms with Crippen molar-refractivity contribution in [1.29, 1.82) is 0 Å². The van der Waals surface area contributed by atoms with Gasteiger partial charge in [0.25, 0.3) is 0 Å². The van der Waals surface area contributed by atoms with E-state index in [0.29, 0.717) is 0 Å². The monoisotopic (exact) mass is 312 g/mol. The number of carbonyl (C=O) groups excluding carboxylic acids is 3. The molecule has 68 valence electrons. The molecule has 0 spiro atoms. The number of hydrogen-bond donors (Lipinski definition) is 2. The van der Waals surface area contributed by atoms with Gasteiger partial charge in [0.1, 0.15) is 0 Å². The fraction of sp³-hybridized carbons (Fsp3) is 0.400. The van der Waals surface area contributed by atoms with Crippen LogP contribution in [-0.4, -0.2) is 72.9 Å². The summed E-state index contributed by atoms with van der Waals surface area (Å²) in [5, 5.41) is 21.7. The summed E-state index contributed by atoms with van der Waals surface area (Å²) in [5.74, 6) is -3.34. The van der Waals surface area contributed by atoms with Crippen LogP contribution in [0.1, 0.15) is 6.42 Å². The Balaban J connectivity index is 0. The summed E-state index contributed by atoms with van der Waals surface area (Å²) < 4.78 is 0. The number of aliphatic carboxylic acids is 2. The second kappa shape index (κ2) is 7.21. The Labute approximate surface area is 114 Å². The molecule has 0 bridgehead atoms. The zero-order valence-electron chi connectivity index (χ0n) is 6.61. The van der Waals surface area contributed by atoms with Gasteiger partial charge in [-0.05, 0) is 0 Å². The van der Waals surface area contributed by atoms with Crippen LogP contribution in [0.4, 0.5) is 4.79 Å². The molecule has 13 heavy (non-hydrogen) atoms. The second-order valence-electron chi connectivity index (χ2n) is 1.96. The van der Waals surface area contributed by atoms with Crippen molar-refractivity contribution in [2.24, 2.45) is 5.73 Å². The standard InChI is InChI=1S/C5H8N2O5.Ba/c6-5(12)7-2(4(10)11)1-3(8)9;/h2H,1H2,(H,8,9)(H,10,11)(H3,6,7,12);/q;+2/p-2/t2-;/m0./s1. The van der Waals surface area contributed by atoms with Gasteiger partial charge in [-0.1, -0.05) is 0 Å². The molecule has 0 unspecified atom stereocenters. The maximum absolute atomic E-state index is 10.1. The first-order chi connectivity index (χ1) is 5.43. The smallest absolute Gasteiger partial charge is 0.550 e. The van der Waals surface area contributed by atoms with Crippen LogP contribution in [0, 0.1) is 0 Å². The Morgan fingerprint density at radius 1 is 1.31 bits per heavy atom. The van der Waals surface area contributed by atoms with E-state index in [1.807, 2.05) is 0 Å². The van der Waals surface area contributed by atoms with Crippen molar-refractivity contribution >= 4 is 66.9 Å². The van der Waals surface area contributed by atoms with Gasteiger partial charge in [0.15, 0.2) is 0 Å². The van der Waals surface area contributed by atoms with Crippen molar-refractivity contribution in [2.75, 3.05) is 0 Å². The maximum Gasteiger partial charge on any atom is 2.00 e. The van der Waals surface area contributed by atoms with Gasteiger partial charge in [-0.15, -0.1) is 0 Å². The fourth-order valence-corrected chi connectivity index (χ4v) is 0.532. The van der Waals surface area contributed by atoms with E-state index in [4.69, 9.17) is 0 Å². The minimum Gasteiger partial charge on any atom is -0.550 e. The summed E-state index contributed by atoms with van der Waals surface area (Å²) in [6.45, 7) is 0. The average Bonchev–Trinajstić information content (AvgIpc) is 1.83. The third-order valence-electron chi connectivity index (χ3n) is 0.972. The van der Waals surface area contributed by atoms with E-state index in [-0.39, 0.29) is 48.9 Å². The Morgan fingerprint density at radius 3 is 2.00 bits per heavy atom. The zero-order chi connectivity index (χ0) is 9.72. The van der Waals surface area contributed by atoms with Gasteiger partial charge in [0.2, 0.25) is 0 Å². The van der Waals surface area contributed by atoms with Crippen LogP contribution in [0.3, 0.4) is 0 Å². The Morgan fingerprint density at radius 2 is 1.77 bits per heavy atom. The molecule has 0 aliphatic heterocycles. The molecule has 7 nitrogen and oxygen atoms in total. The largest absolute Gasteiger partial charge is 2.00 e. The van der Waals surface area contributed by atoms with Crippen LogP contribution >= 0.6 is 0 Å². The molecule has 1 atom stereocenters. The zero-order valence-corrected chi connectivity index (χ0v) is 11.1. The predicted molar refractivity (Wildman–Crippen MR) is 36.9 cm³/mol. The van der Waals surface area contributed by atoms with Crippen molar-refractivity contribution < 1.29 is 24.6 Å². The van der Waals surface area contributed by atoms with Crippen LogP contribution in [0.2, 0.25) is 0 Å². The van der Waals surface area contributed by atoms with E-state index >= 15 is 0 Å². The van der Waals surface area contributed by atoms with Crippen LogP contribution in [0.15, 0.2) is 0 Å². The van der Waals surface area contributed by atoms with E-state index in [0.717, 1.165) is 0 Å². The molecule has 0 rings (SSSR count). The number of carboxylic acid groups (broad SMARTS) is 2. The van der Waals surface area contributed by atoms with Crippen molar-refractivity contribution in [3.8, 4) is 0 Å². The van der Waals surface area contributed by atoms with Crippen molar-refractivity contribution in [1.82, 2.24) is 5.32 Å². The predicted octanol–water partition coefficient (Wildman–Crippen LogP) is -4.47. The average molecular weight is 311 g/mol. The summed E-state index contributed by atoms with van der Waals surface area (Å²) >= 11 is 0. The first-order valence-electron chi connectivity index (χ1n) is 2.90. The number of rotatable bonds is 4. The number of primary amides is 1. The topological polar surface area (TPSA) is 135 Å². The van der Waals surface area contributed by atoms with Crippen molar-refractivity contribution in [3.05, 3.63) is 0 Å². The number of nitrogens with two attached hydrogens (primary N) is 1. The normalized spacial score (nSPS) is 10.8. The van der Waals surface area contributed by atoms with E-state index in [1.54, 1.807) is 5.32 Å². The third kappa shape index (κ3) is 8.12. The molecule has 3 N–H and O–H groups in total. The quantitative estimate of drug-likeness (QED) is 0.505. The Kier molecular flexibility index (Phi) is 8.47. The first-order valence-corrected chi connectivity index (χ1v) is 2.90. The summed E-state index contributed by atoms with van der Waals surface area (Å²) in [5.41, 5.74) is 4.55. The van der Waals surface area contributed by atoms with Gasteiger partial charge >= 0.3 is 54.9 Å². The molecule has 0 saturated carbocycles. The number of urea groups is 1. The van der Waals surface area contributed by atoms with Crippen molar-refractivity contribution in [3.63, 3.8) is 0 Å². The van der Waals surface area contributed by atoms with E-state index in [2.05, 4.69) is 5.73 Å². The maximum atomic E-state index is 10.1. The van der Waals surface area contributed by atoms with E-state index in [1.165, 1.54) is 0 Å². The molecule has 0 aromatic carbocycles.